The molecule has 0 aromatic heterocycles. The van der Waals surface area contributed by atoms with Crippen LogP contribution in [-0.4, -0.2) is 31.7 Å². The Morgan fingerprint density at radius 1 is 1.31 bits per heavy atom. The second-order valence-corrected chi connectivity index (χ2v) is 6.23. The van der Waals surface area contributed by atoms with Gasteiger partial charge in [0.15, 0.2) is 0 Å². The molecule has 1 heterocycles. The predicted octanol–water partition coefficient (Wildman–Crippen LogP) is 1.94. The van der Waals surface area contributed by atoms with Crippen LogP contribution in [0.1, 0.15) is 6.42 Å². The normalized spacial score (nSPS) is 22.4. The van der Waals surface area contributed by atoms with Gasteiger partial charge in [0.1, 0.15) is 0 Å². The lowest BCUT2D eigenvalue weighted by Gasteiger charge is -2.15. The fraction of sp³-hybridized carbons (Fsp3) is 0.455. The van der Waals surface area contributed by atoms with Crippen molar-refractivity contribution in [2.24, 2.45) is 5.92 Å². The maximum atomic E-state index is 12.2. The second-order valence-electron chi connectivity index (χ2n) is 3.99. The molecule has 0 spiro atoms. The molecule has 1 aromatic carbocycles. The summed E-state index contributed by atoms with van der Waals surface area (Å²) in [5.74, 6) is 0.820. The lowest BCUT2D eigenvalue weighted by Crippen LogP contribution is -2.29. The Morgan fingerprint density at radius 2 is 2.00 bits per heavy atom. The highest BCUT2D eigenvalue weighted by Crippen LogP contribution is 2.24. The summed E-state index contributed by atoms with van der Waals surface area (Å²) >= 11 is 5.75. The zero-order valence-electron chi connectivity index (χ0n) is 8.84. The van der Waals surface area contributed by atoms with E-state index in [1.54, 1.807) is 24.3 Å². The van der Waals surface area contributed by atoms with Gasteiger partial charge in [0.25, 0.3) is 0 Å². The monoisotopic (exact) mass is 259 g/mol. The van der Waals surface area contributed by atoms with Crippen molar-refractivity contribution in [3.8, 4) is 0 Å². The van der Waals surface area contributed by atoms with Crippen LogP contribution in [0.2, 0.25) is 0 Å². The van der Waals surface area contributed by atoms with Gasteiger partial charge in [-0.25, -0.2) is 8.42 Å². The molecule has 2 rings (SSSR count). The number of alkyl halides is 1. The zero-order valence-corrected chi connectivity index (χ0v) is 10.4. The average Bonchev–Trinajstić information content (AvgIpc) is 2.79. The van der Waals surface area contributed by atoms with E-state index in [1.165, 1.54) is 4.31 Å². The summed E-state index contributed by atoms with van der Waals surface area (Å²) in [5.41, 5.74) is 0. The van der Waals surface area contributed by atoms with E-state index >= 15 is 0 Å². The van der Waals surface area contributed by atoms with Gasteiger partial charge in [0, 0.05) is 19.0 Å². The SMILES string of the molecule is O=S(=O)(c1ccccc1)N1CCC(CCl)C1. The Balaban J connectivity index is 2.21. The van der Waals surface area contributed by atoms with Gasteiger partial charge in [-0.05, 0) is 24.5 Å². The van der Waals surface area contributed by atoms with Crippen molar-refractivity contribution in [1.82, 2.24) is 4.31 Å². The molecule has 0 radical (unpaired) electrons. The zero-order chi connectivity index (χ0) is 11.6. The quantitative estimate of drug-likeness (QED) is 0.778. The van der Waals surface area contributed by atoms with Gasteiger partial charge in [-0.1, -0.05) is 18.2 Å². The highest BCUT2D eigenvalue weighted by Gasteiger charge is 2.31. The molecular formula is C11H14ClNO2S. The van der Waals surface area contributed by atoms with Gasteiger partial charge < -0.3 is 0 Å². The lowest BCUT2D eigenvalue weighted by atomic mass is 10.2. The van der Waals surface area contributed by atoms with Crippen molar-refractivity contribution in [3.63, 3.8) is 0 Å². The molecule has 88 valence electrons. The fourth-order valence-corrected chi connectivity index (χ4v) is 3.69. The number of rotatable bonds is 3. The highest BCUT2D eigenvalue weighted by atomic mass is 35.5. The maximum absolute atomic E-state index is 12.2. The summed E-state index contributed by atoms with van der Waals surface area (Å²) in [6.07, 6.45) is 0.857. The number of halogens is 1. The first-order valence-corrected chi connectivity index (χ1v) is 7.23. The van der Waals surface area contributed by atoms with Crippen molar-refractivity contribution in [1.29, 1.82) is 0 Å². The summed E-state index contributed by atoms with van der Waals surface area (Å²) in [7, 11) is -3.31. The van der Waals surface area contributed by atoms with Crippen molar-refractivity contribution >= 4 is 21.6 Å². The van der Waals surface area contributed by atoms with Crippen molar-refractivity contribution in [2.45, 2.75) is 11.3 Å². The molecule has 1 atom stereocenters. The van der Waals surface area contributed by atoms with Crippen LogP contribution in [0.4, 0.5) is 0 Å². The van der Waals surface area contributed by atoms with Crippen LogP contribution in [-0.2, 0) is 10.0 Å². The Labute approximate surface area is 101 Å². The van der Waals surface area contributed by atoms with Crippen LogP contribution < -0.4 is 0 Å². The van der Waals surface area contributed by atoms with Crippen LogP contribution in [0, 0.1) is 5.92 Å². The third-order valence-electron chi connectivity index (χ3n) is 2.85. The summed E-state index contributed by atoms with van der Waals surface area (Å²) in [6, 6.07) is 8.54. The Bertz CT molecular complexity index is 446. The topological polar surface area (TPSA) is 37.4 Å². The minimum absolute atomic E-state index is 0.292. The first-order chi connectivity index (χ1) is 7.64. The summed E-state index contributed by atoms with van der Waals surface area (Å²) in [5, 5.41) is 0. The molecule has 1 fully saturated rings. The molecule has 0 aliphatic carbocycles. The first kappa shape index (κ1) is 11.9. The fourth-order valence-electron chi connectivity index (χ4n) is 1.88. The van der Waals surface area contributed by atoms with Crippen molar-refractivity contribution in [3.05, 3.63) is 30.3 Å². The third kappa shape index (κ3) is 2.24. The highest BCUT2D eigenvalue weighted by molar-refractivity contribution is 7.89. The average molecular weight is 260 g/mol. The minimum atomic E-state index is -3.31. The van der Waals surface area contributed by atoms with E-state index in [0.29, 0.717) is 29.8 Å². The van der Waals surface area contributed by atoms with Crippen molar-refractivity contribution < 1.29 is 8.42 Å². The molecule has 3 nitrogen and oxygen atoms in total. The minimum Gasteiger partial charge on any atom is -0.207 e. The molecule has 0 saturated carbocycles. The van der Waals surface area contributed by atoms with Crippen LogP contribution in [0.25, 0.3) is 0 Å². The van der Waals surface area contributed by atoms with E-state index in [1.807, 2.05) is 6.07 Å². The van der Waals surface area contributed by atoms with E-state index in [-0.39, 0.29) is 0 Å². The number of hydrogen-bond donors (Lipinski definition) is 0. The number of nitrogens with zero attached hydrogens (tertiary/aromatic N) is 1. The number of benzene rings is 1. The van der Waals surface area contributed by atoms with Gasteiger partial charge in [0.2, 0.25) is 10.0 Å². The van der Waals surface area contributed by atoms with E-state index in [4.69, 9.17) is 11.6 Å². The molecule has 1 aliphatic heterocycles. The molecule has 1 aromatic rings. The van der Waals surface area contributed by atoms with E-state index in [2.05, 4.69) is 0 Å². The molecule has 1 aliphatic rings. The Morgan fingerprint density at radius 3 is 2.56 bits per heavy atom. The standard InChI is InChI=1S/C11H14ClNO2S/c12-8-10-6-7-13(9-10)16(14,15)11-4-2-1-3-5-11/h1-5,10H,6-9H2. The van der Waals surface area contributed by atoms with Crippen LogP contribution in [0.15, 0.2) is 35.2 Å². The first-order valence-electron chi connectivity index (χ1n) is 5.26. The van der Waals surface area contributed by atoms with E-state index in [9.17, 15) is 8.42 Å². The van der Waals surface area contributed by atoms with Gasteiger partial charge in [-0.3, -0.25) is 0 Å². The molecule has 0 N–H and O–H groups in total. The molecule has 1 saturated heterocycles. The molecular weight excluding hydrogens is 246 g/mol. The van der Waals surface area contributed by atoms with Crippen LogP contribution >= 0.6 is 11.6 Å². The van der Waals surface area contributed by atoms with Crippen LogP contribution in [0.3, 0.4) is 0 Å². The molecule has 16 heavy (non-hydrogen) atoms. The van der Waals surface area contributed by atoms with Crippen molar-refractivity contribution in [2.75, 3.05) is 19.0 Å². The maximum Gasteiger partial charge on any atom is 0.243 e. The third-order valence-corrected chi connectivity index (χ3v) is 5.16. The number of hydrogen-bond acceptors (Lipinski definition) is 2. The van der Waals surface area contributed by atoms with Gasteiger partial charge in [-0.15, -0.1) is 11.6 Å². The number of sulfonamides is 1. The van der Waals surface area contributed by atoms with Gasteiger partial charge in [0.05, 0.1) is 4.90 Å². The van der Waals surface area contributed by atoms with E-state index < -0.39 is 10.0 Å². The summed E-state index contributed by atoms with van der Waals surface area (Å²) < 4.78 is 25.9. The molecule has 1 unspecified atom stereocenters. The van der Waals surface area contributed by atoms with E-state index in [0.717, 1.165) is 6.42 Å². The summed E-state index contributed by atoms with van der Waals surface area (Å²) in [4.78, 5) is 0.366. The molecule has 0 bridgehead atoms. The predicted molar refractivity (Wildman–Crippen MR) is 64.0 cm³/mol. The Kier molecular flexibility index (Phi) is 3.52. The van der Waals surface area contributed by atoms with Gasteiger partial charge in [-0.2, -0.15) is 4.31 Å². The van der Waals surface area contributed by atoms with Gasteiger partial charge >= 0.3 is 0 Å². The Hall–Kier alpha value is -0.580. The largest absolute Gasteiger partial charge is 0.243 e. The lowest BCUT2D eigenvalue weighted by molar-refractivity contribution is 0.465. The van der Waals surface area contributed by atoms with Crippen LogP contribution in [0.5, 0.6) is 0 Å². The summed E-state index contributed by atoms with van der Waals surface area (Å²) in [6.45, 7) is 1.12. The molecule has 5 heteroatoms. The smallest absolute Gasteiger partial charge is 0.207 e. The second kappa shape index (κ2) is 4.73. The molecule has 0 amide bonds.